The van der Waals surface area contributed by atoms with Gasteiger partial charge in [-0.1, -0.05) is 11.6 Å². The zero-order valence-electron chi connectivity index (χ0n) is 15.8. The minimum Gasteiger partial charge on any atom is -0.481 e. The Morgan fingerprint density at radius 1 is 1.30 bits per heavy atom. The molecular formula is C19H17ClF3NO6. The number of fused-ring (bicyclic) bond motifs is 1. The maximum absolute atomic E-state index is 13.6. The van der Waals surface area contributed by atoms with Crippen molar-refractivity contribution in [2.24, 2.45) is 5.41 Å². The van der Waals surface area contributed by atoms with Gasteiger partial charge in [-0.3, -0.25) is 14.9 Å². The second kappa shape index (κ2) is 7.28. The van der Waals surface area contributed by atoms with E-state index < -0.39 is 40.6 Å². The van der Waals surface area contributed by atoms with Gasteiger partial charge in [-0.25, -0.2) is 0 Å². The average Bonchev–Trinajstić information content (AvgIpc) is 2.63. The van der Waals surface area contributed by atoms with Gasteiger partial charge in [-0.05, 0) is 44.1 Å². The summed E-state index contributed by atoms with van der Waals surface area (Å²) in [6.07, 6.45) is -6.63. The van der Waals surface area contributed by atoms with Gasteiger partial charge in [0.25, 0.3) is 5.69 Å². The van der Waals surface area contributed by atoms with Crippen molar-refractivity contribution in [3.05, 3.63) is 56.8 Å². The lowest BCUT2D eigenvalue weighted by Crippen LogP contribution is -2.59. The van der Waals surface area contributed by atoms with Crippen LogP contribution in [0, 0.1) is 15.5 Å². The van der Waals surface area contributed by atoms with Gasteiger partial charge >= 0.3 is 12.1 Å². The van der Waals surface area contributed by atoms with Crippen LogP contribution in [0.4, 0.5) is 18.9 Å². The molecule has 0 bridgehead atoms. The van der Waals surface area contributed by atoms with Gasteiger partial charge in [0, 0.05) is 18.6 Å². The fraction of sp³-hybridized carbons (Fsp3) is 0.421. The third-order valence-corrected chi connectivity index (χ3v) is 5.65. The molecule has 3 rings (SSSR count). The number of non-ortho nitro benzene ring substituents is 1. The van der Waals surface area contributed by atoms with Gasteiger partial charge in [-0.2, -0.15) is 13.2 Å². The number of rotatable bonds is 4. The van der Waals surface area contributed by atoms with Gasteiger partial charge in [0.1, 0.15) is 16.9 Å². The summed E-state index contributed by atoms with van der Waals surface area (Å²) in [6.45, 7) is 2.41. The van der Waals surface area contributed by atoms with E-state index in [9.17, 15) is 33.2 Å². The summed E-state index contributed by atoms with van der Waals surface area (Å²) < 4.78 is 51.8. The Labute approximate surface area is 173 Å². The summed E-state index contributed by atoms with van der Waals surface area (Å²) in [6, 6.07) is 5.09. The van der Waals surface area contributed by atoms with Crippen LogP contribution in [0.3, 0.4) is 0 Å². The number of nitrogens with zero attached hydrogens (tertiary/aromatic N) is 1. The SMILES string of the molecule is CC12CC(Oc3ccc([N+](=O)[O-])cc3)=C(Cl)C=C1CC(C)(C(=O)O)C(C(F)(F)F)O2. The number of alkyl halides is 3. The number of carboxylic acids is 1. The highest BCUT2D eigenvalue weighted by molar-refractivity contribution is 6.31. The number of carbonyl (C=O) groups is 1. The lowest BCUT2D eigenvalue weighted by molar-refractivity contribution is -0.384. The number of carboxylic acid groups (broad SMARTS) is 1. The summed E-state index contributed by atoms with van der Waals surface area (Å²) in [5, 5.41) is 20.3. The summed E-state index contributed by atoms with van der Waals surface area (Å²) >= 11 is 6.24. The van der Waals surface area contributed by atoms with Gasteiger partial charge in [0.05, 0.1) is 15.6 Å². The highest BCUT2D eigenvalue weighted by Gasteiger charge is 2.63. The van der Waals surface area contributed by atoms with E-state index in [1.165, 1.54) is 37.3 Å². The first-order chi connectivity index (χ1) is 13.8. The standard InChI is InChI=1S/C19H17ClF3NO6/c1-17(16(25)26)8-10-7-13(20)14(9-18(10,2)30-15(17)19(21,22)23)29-12-5-3-11(4-6-12)24(27)28/h3-7,15H,8-9H2,1-2H3,(H,25,26). The van der Waals surface area contributed by atoms with E-state index in [0.717, 1.165) is 6.92 Å². The van der Waals surface area contributed by atoms with E-state index in [4.69, 9.17) is 21.1 Å². The Morgan fingerprint density at radius 3 is 2.40 bits per heavy atom. The van der Waals surface area contributed by atoms with Crippen LogP contribution >= 0.6 is 11.6 Å². The average molecular weight is 448 g/mol. The highest BCUT2D eigenvalue weighted by atomic mass is 35.5. The lowest BCUT2D eigenvalue weighted by atomic mass is 9.69. The van der Waals surface area contributed by atoms with E-state index in [1.807, 2.05) is 0 Å². The molecule has 0 radical (unpaired) electrons. The monoisotopic (exact) mass is 447 g/mol. The van der Waals surface area contributed by atoms with Crippen LogP contribution < -0.4 is 4.74 Å². The molecule has 1 fully saturated rings. The second-order valence-electron chi connectivity index (χ2n) is 7.64. The van der Waals surface area contributed by atoms with Crippen molar-refractivity contribution in [3.8, 4) is 5.75 Å². The zero-order valence-corrected chi connectivity index (χ0v) is 16.6. The minimum atomic E-state index is -4.90. The Bertz CT molecular complexity index is 958. The number of halogens is 4. The van der Waals surface area contributed by atoms with Crippen LogP contribution in [0.25, 0.3) is 0 Å². The van der Waals surface area contributed by atoms with E-state index in [1.54, 1.807) is 0 Å². The first kappa shape index (κ1) is 22.1. The first-order valence-corrected chi connectivity index (χ1v) is 9.14. The van der Waals surface area contributed by atoms with Crippen LogP contribution in [0.15, 0.2) is 46.7 Å². The fourth-order valence-electron chi connectivity index (χ4n) is 3.60. The molecule has 1 heterocycles. The molecule has 1 aliphatic carbocycles. The topological polar surface area (TPSA) is 98.9 Å². The fourth-order valence-corrected chi connectivity index (χ4v) is 3.84. The van der Waals surface area contributed by atoms with Crippen LogP contribution in [0.1, 0.15) is 26.7 Å². The van der Waals surface area contributed by atoms with Crippen LogP contribution in [-0.2, 0) is 9.53 Å². The molecule has 30 heavy (non-hydrogen) atoms. The molecule has 3 atom stereocenters. The molecule has 7 nitrogen and oxygen atoms in total. The van der Waals surface area contributed by atoms with Crippen molar-refractivity contribution < 1.29 is 37.5 Å². The summed E-state index contributed by atoms with van der Waals surface area (Å²) in [7, 11) is 0. The molecular weight excluding hydrogens is 431 g/mol. The zero-order chi connectivity index (χ0) is 22.5. The van der Waals surface area contributed by atoms with E-state index in [2.05, 4.69) is 0 Å². The Morgan fingerprint density at radius 2 is 1.90 bits per heavy atom. The number of hydrogen-bond acceptors (Lipinski definition) is 5. The number of aliphatic carboxylic acids is 1. The molecule has 0 spiro atoms. The van der Waals surface area contributed by atoms with Crippen molar-refractivity contribution in [1.82, 2.24) is 0 Å². The van der Waals surface area contributed by atoms with Crippen molar-refractivity contribution in [1.29, 1.82) is 0 Å². The predicted molar refractivity (Wildman–Crippen MR) is 99.0 cm³/mol. The predicted octanol–water partition coefficient (Wildman–Crippen LogP) is 4.95. The molecule has 1 saturated heterocycles. The Balaban J connectivity index is 1.94. The highest BCUT2D eigenvalue weighted by Crippen LogP contribution is 2.53. The second-order valence-corrected chi connectivity index (χ2v) is 8.05. The smallest absolute Gasteiger partial charge is 0.415 e. The third kappa shape index (κ3) is 3.89. The normalized spacial score (nSPS) is 29.1. The van der Waals surface area contributed by atoms with E-state index in [-0.39, 0.29) is 28.6 Å². The molecule has 1 N–H and O–H groups in total. The maximum atomic E-state index is 13.6. The third-order valence-electron chi connectivity index (χ3n) is 5.33. The number of hydrogen-bond donors (Lipinski definition) is 1. The van der Waals surface area contributed by atoms with Crippen molar-refractivity contribution in [3.63, 3.8) is 0 Å². The number of allylic oxidation sites excluding steroid dienone is 2. The molecule has 1 aromatic carbocycles. The van der Waals surface area contributed by atoms with Gasteiger partial charge in [-0.15, -0.1) is 0 Å². The summed E-state index contributed by atoms with van der Waals surface area (Å²) in [4.78, 5) is 21.8. The maximum Gasteiger partial charge on any atom is 0.415 e. The van der Waals surface area contributed by atoms with Crippen LogP contribution in [-0.4, -0.2) is 33.9 Å². The molecule has 0 amide bonds. The molecule has 162 valence electrons. The van der Waals surface area contributed by atoms with Crippen molar-refractivity contribution in [2.45, 2.75) is 44.6 Å². The van der Waals surface area contributed by atoms with Gasteiger partial charge in [0.2, 0.25) is 0 Å². The largest absolute Gasteiger partial charge is 0.481 e. The molecule has 11 heteroatoms. The molecule has 1 aromatic rings. The van der Waals surface area contributed by atoms with Crippen LogP contribution in [0.5, 0.6) is 5.75 Å². The molecule has 0 aromatic heterocycles. The Kier molecular flexibility index (Phi) is 5.36. The molecule has 1 aliphatic heterocycles. The van der Waals surface area contributed by atoms with Crippen molar-refractivity contribution >= 4 is 23.3 Å². The number of ether oxygens (including phenoxy) is 2. The van der Waals surface area contributed by atoms with Crippen molar-refractivity contribution in [2.75, 3.05) is 0 Å². The number of nitro groups is 1. The quantitative estimate of drug-likeness (QED) is 0.517. The van der Waals surface area contributed by atoms with E-state index >= 15 is 0 Å². The minimum absolute atomic E-state index is 0.0858. The summed E-state index contributed by atoms with van der Waals surface area (Å²) in [5.74, 6) is -1.31. The molecule has 3 unspecified atom stereocenters. The first-order valence-electron chi connectivity index (χ1n) is 8.76. The van der Waals surface area contributed by atoms with Crippen LogP contribution in [0.2, 0.25) is 0 Å². The lowest BCUT2D eigenvalue weighted by Gasteiger charge is -2.50. The van der Waals surface area contributed by atoms with E-state index in [0.29, 0.717) is 5.57 Å². The van der Waals surface area contributed by atoms with Gasteiger partial charge < -0.3 is 14.6 Å². The molecule has 2 aliphatic rings. The number of benzene rings is 1. The summed E-state index contributed by atoms with van der Waals surface area (Å²) in [5.41, 5.74) is -3.54. The number of nitro benzene ring substituents is 1. The Hall–Kier alpha value is -2.59. The molecule has 0 saturated carbocycles. The van der Waals surface area contributed by atoms with Gasteiger partial charge in [0.15, 0.2) is 6.10 Å².